The van der Waals surface area contributed by atoms with Crippen molar-refractivity contribution in [2.45, 2.75) is 56.2 Å². The fourth-order valence-electron chi connectivity index (χ4n) is 5.09. The number of amides is 2. The Morgan fingerprint density at radius 3 is 2.22 bits per heavy atom. The number of nitrogens with two attached hydrogens (primary N) is 1. The third-order valence-corrected chi connectivity index (χ3v) is 7.51. The van der Waals surface area contributed by atoms with Crippen molar-refractivity contribution in [3.05, 3.63) is 95.1 Å². The van der Waals surface area contributed by atoms with Gasteiger partial charge in [0.15, 0.2) is 0 Å². The summed E-state index contributed by atoms with van der Waals surface area (Å²) in [5.74, 6) is -3.12. The molecule has 0 bridgehead atoms. The molecule has 4 atom stereocenters. The highest BCUT2D eigenvalue weighted by Gasteiger charge is 2.32. The molecule has 5 N–H and O–H groups in total. The van der Waals surface area contributed by atoms with Crippen LogP contribution < -0.4 is 21.7 Å². The first-order valence-corrected chi connectivity index (χ1v) is 14.4. The van der Waals surface area contributed by atoms with Gasteiger partial charge in [0, 0.05) is 18.0 Å². The van der Waals surface area contributed by atoms with E-state index in [9.17, 15) is 35.9 Å². The first-order chi connectivity index (χ1) is 21.8. The maximum absolute atomic E-state index is 15.0. The summed E-state index contributed by atoms with van der Waals surface area (Å²) in [4.78, 5) is 28.8. The normalized spacial score (nSPS) is 19.0. The van der Waals surface area contributed by atoms with Gasteiger partial charge in [0.2, 0.25) is 5.91 Å². The van der Waals surface area contributed by atoms with Crippen LogP contribution in [-0.4, -0.2) is 67.1 Å². The van der Waals surface area contributed by atoms with Crippen molar-refractivity contribution in [2.24, 2.45) is 5.73 Å². The van der Waals surface area contributed by atoms with Crippen molar-refractivity contribution < 1.29 is 45.4 Å². The van der Waals surface area contributed by atoms with Crippen LogP contribution in [0.5, 0.6) is 0 Å². The standard InChI is InChI=1S/C31H33F6N5O4/c1-17-26(15-45-30(44)41-16-31(35,36)37)40-12-22(46-17)10-11-23-24(34)13-39-14-25(23)42-29(43)28(38)27(18-2-6-20(32)7-3-18)19-4-8-21(33)9-5-19/h2-9,13-14,17,22,26-28,40H,10-12,15-16,38H2,1H3,(H,41,44)(H,42,43)/t17-,22+,26+,28-/m0/s1. The molecular formula is C31H33F6N5O4. The van der Waals surface area contributed by atoms with Crippen LogP contribution in [0.1, 0.15) is 36.0 Å². The van der Waals surface area contributed by atoms with Gasteiger partial charge >= 0.3 is 12.3 Å². The number of anilines is 1. The summed E-state index contributed by atoms with van der Waals surface area (Å²) in [6.07, 6.45) is -3.96. The second-order valence-electron chi connectivity index (χ2n) is 10.8. The van der Waals surface area contributed by atoms with Crippen molar-refractivity contribution in [3.8, 4) is 0 Å². The Kier molecular flexibility index (Phi) is 11.6. The molecule has 2 amide bonds. The van der Waals surface area contributed by atoms with Crippen molar-refractivity contribution in [2.75, 3.05) is 25.0 Å². The van der Waals surface area contributed by atoms with Gasteiger partial charge in [-0.25, -0.2) is 18.0 Å². The molecule has 248 valence electrons. The molecule has 9 nitrogen and oxygen atoms in total. The summed E-state index contributed by atoms with van der Waals surface area (Å²) in [6.45, 7) is 0.225. The Labute approximate surface area is 260 Å². The Morgan fingerprint density at radius 1 is 1.04 bits per heavy atom. The number of nitrogens with one attached hydrogen (secondary N) is 3. The Morgan fingerprint density at radius 2 is 1.65 bits per heavy atom. The Hall–Kier alpha value is -4.21. The summed E-state index contributed by atoms with van der Waals surface area (Å²) >= 11 is 0. The average molecular weight is 654 g/mol. The summed E-state index contributed by atoms with van der Waals surface area (Å²) < 4.78 is 89.9. The lowest BCUT2D eigenvalue weighted by molar-refractivity contribution is -0.124. The summed E-state index contributed by atoms with van der Waals surface area (Å²) in [5, 5.41) is 7.39. The van der Waals surface area contributed by atoms with Crippen molar-refractivity contribution in [1.29, 1.82) is 0 Å². The maximum atomic E-state index is 15.0. The smallest absolute Gasteiger partial charge is 0.407 e. The molecular weight excluding hydrogens is 620 g/mol. The van der Waals surface area contributed by atoms with E-state index < -0.39 is 72.4 Å². The summed E-state index contributed by atoms with van der Waals surface area (Å²) in [6, 6.07) is 9.06. The van der Waals surface area contributed by atoms with Gasteiger partial charge in [-0.3, -0.25) is 9.78 Å². The van der Waals surface area contributed by atoms with E-state index in [1.807, 2.05) is 0 Å². The van der Waals surface area contributed by atoms with Crippen LogP contribution in [0.2, 0.25) is 0 Å². The molecule has 46 heavy (non-hydrogen) atoms. The zero-order chi connectivity index (χ0) is 33.4. The van der Waals surface area contributed by atoms with Crippen LogP contribution in [0.25, 0.3) is 0 Å². The molecule has 1 fully saturated rings. The molecule has 1 aromatic heterocycles. The first kappa shape index (κ1) is 34.7. The van der Waals surface area contributed by atoms with E-state index in [1.54, 1.807) is 12.2 Å². The highest BCUT2D eigenvalue weighted by molar-refractivity contribution is 5.96. The highest BCUT2D eigenvalue weighted by atomic mass is 19.4. The fourth-order valence-corrected chi connectivity index (χ4v) is 5.09. The Bertz CT molecular complexity index is 1430. The number of morpholine rings is 1. The van der Waals surface area contributed by atoms with Gasteiger partial charge in [-0.2, -0.15) is 13.2 Å². The van der Waals surface area contributed by atoms with Crippen LogP contribution in [-0.2, 0) is 20.7 Å². The van der Waals surface area contributed by atoms with Crippen molar-refractivity contribution in [1.82, 2.24) is 15.6 Å². The number of ether oxygens (including phenoxy) is 2. The number of alkyl carbamates (subject to hydrolysis) is 1. The molecule has 0 unspecified atom stereocenters. The molecule has 3 aromatic rings. The molecule has 15 heteroatoms. The van der Waals surface area contributed by atoms with Gasteiger partial charge in [0.1, 0.15) is 30.6 Å². The molecule has 2 aromatic carbocycles. The predicted molar refractivity (Wildman–Crippen MR) is 155 cm³/mol. The zero-order valence-electron chi connectivity index (χ0n) is 24.6. The van der Waals surface area contributed by atoms with Crippen LogP contribution in [0.4, 0.5) is 36.8 Å². The molecule has 0 radical (unpaired) electrons. The van der Waals surface area contributed by atoms with E-state index in [0.717, 1.165) is 6.20 Å². The third kappa shape index (κ3) is 9.64. The molecule has 4 rings (SSSR count). The lowest BCUT2D eigenvalue weighted by Gasteiger charge is -2.35. The number of carbonyl (C=O) groups excluding carboxylic acids is 2. The highest BCUT2D eigenvalue weighted by Crippen LogP contribution is 2.30. The van der Waals surface area contributed by atoms with Gasteiger partial charge in [0.25, 0.3) is 0 Å². The van der Waals surface area contributed by atoms with Crippen molar-refractivity contribution in [3.63, 3.8) is 0 Å². The summed E-state index contributed by atoms with van der Waals surface area (Å²) in [7, 11) is 0. The second kappa shape index (κ2) is 15.4. The van der Waals surface area contributed by atoms with E-state index in [0.29, 0.717) is 17.5 Å². The van der Waals surface area contributed by atoms with Gasteiger partial charge in [-0.1, -0.05) is 24.3 Å². The van der Waals surface area contributed by atoms with Crippen LogP contribution in [0.3, 0.4) is 0 Å². The zero-order valence-corrected chi connectivity index (χ0v) is 24.6. The van der Waals surface area contributed by atoms with Gasteiger partial charge in [0.05, 0.1) is 42.4 Å². The number of nitrogens with zero attached hydrogens (tertiary/aromatic N) is 1. The molecule has 1 aliphatic rings. The topological polar surface area (TPSA) is 128 Å². The number of benzene rings is 2. The minimum atomic E-state index is -4.56. The molecule has 0 saturated carbocycles. The van der Waals surface area contributed by atoms with E-state index in [2.05, 4.69) is 15.6 Å². The van der Waals surface area contributed by atoms with E-state index in [1.165, 1.54) is 54.7 Å². The number of hydrogen-bond acceptors (Lipinski definition) is 7. The molecule has 0 spiro atoms. The van der Waals surface area contributed by atoms with Gasteiger partial charge in [-0.15, -0.1) is 0 Å². The van der Waals surface area contributed by atoms with Crippen LogP contribution >= 0.6 is 0 Å². The van der Waals surface area contributed by atoms with E-state index >= 15 is 0 Å². The predicted octanol–water partition coefficient (Wildman–Crippen LogP) is 4.56. The fraction of sp³-hybridized carbons (Fsp3) is 0.387. The van der Waals surface area contributed by atoms with Gasteiger partial charge < -0.3 is 31.2 Å². The number of rotatable bonds is 11. The van der Waals surface area contributed by atoms with E-state index in [-0.39, 0.29) is 30.8 Å². The minimum absolute atomic E-state index is 0.0883. The number of aromatic nitrogens is 1. The molecule has 2 heterocycles. The van der Waals surface area contributed by atoms with Crippen LogP contribution in [0.15, 0.2) is 60.9 Å². The molecule has 1 saturated heterocycles. The van der Waals surface area contributed by atoms with E-state index in [4.69, 9.17) is 15.2 Å². The van der Waals surface area contributed by atoms with Gasteiger partial charge in [-0.05, 0) is 55.2 Å². The number of carbonyl (C=O) groups is 2. The summed E-state index contributed by atoms with van der Waals surface area (Å²) in [5.41, 5.74) is 7.67. The van der Waals surface area contributed by atoms with Crippen LogP contribution in [0, 0.1) is 17.5 Å². The third-order valence-electron chi connectivity index (χ3n) is 7.51. The minimum Gasteiger partial charge on any atom is -0.448 e. The number of halogens is 6. The van der Waals surface area contributed by atoms with Crippen molar-refractivity contribution >= 4 is 17.7 Å². The molecule has 1 aliphatic heterocycles. The SMILES string of the molecule is C[C@@H]1O[C@H](CCc2c(F)cncc2NC(=O)[C@@H](N)C(c2ccc(F)cc2)c2ccc(F)cc2)CN[C@@H]1COC(=O)NCC(F)(F)F. The average Bonchev–Trinajstić information content (AvgIpc) is 3.01. The lowest BCUT2D eigenvalue weighted by atomic mass is 9.85. The maximum Gasteiger partial charge on any atom is 0.407 e. The first-order valence-electron chi connectivity index (χ1n) is 14.4. The monoisotopic (exact) mass is 653 g/mol. The lowest BCUT2D eigenvalue weighted by Crippen LogP contribution is -2.54. The largest absolute Gasteiger partial charge is 0.448 e. The number of alkyl halides is 3. The molecule has 0 aliphatic carbocycles. The number of hydrogen-bond donors (Lipinski definition) is 4. The number of pyridine rings is 1. The Balaban J connectivity index is 1.38. The quantitative estimate of drug-likeness (QED) is 0.224. The second-order valence-corrected chi connectivity index (χ2v) is 10.8.